The van der Waals surface area contributed by atoms with Gasteiger partial charge in [-0.2, -0.15) is 5.10 Å². The van der Waals surface area contributed by atoms with Crippen molar-refractivity contribution < 1.29 is 4.39 Å². The van der Waals surface area contributed by atoms with Crippen molar-refractivity contribution in [1.82, 2.24) is 24.3 Å². The van der Waals surface area contributed by atoms with Crippen molar-refractivity contribution >= 4 is 12.4 Å². The van der Waals surface area contributed by atoms with E-state index in [0.717, 1.165) is 17.0 Å². The first kappa shape index (κ1) is 12.8. The number of aryl methyl sites for hydroxylation is 1. The number of nitrogens with zero attached hydrogens (tertiary/aromatic N) is 5. The third-order valence-electron chi connectivity index (χ3n) is 3.46. The summed E-state index contributed by atoms with van der Waals surface area (Å²) in [6.45, 7) is 2.45. The molecule has 0 unspecified atom stereocenters. The number of imidazole rings is 1. The van der Waals surface area contributed by atoms with Crippen molar-refractivity contribution in [2.24, 2.45) is 0 Å². The summed E-state index contributed by atoms with van der Waals surface area (Å²) in [6, 6.07) is 4.98. The van der Waals surface area contributed by atoms with Gasteiger partial charge in [-0.05, 0) is 19.1 Å². The van der Waals surface area contributed by atoms with Gasteiger partial charge in [-0.15, -0.1) is 12.4 Å². The van der Waals surface area contributed by atoms with E-state index in [9.17, 15) is 4.39 Å². The van der Waals surface area contributed by atoms with E-state index < -0.39 is 0 Å². The molecule has 7 heteroatoms. The van der Waals surface area contributed by atoms with Crippen LogP contribution in [0.15, 0.2) is 30.9 Å². The minimum absolute atomic E-state index is 0. The molecular weight excluding hydrogens is 281 g/mol. The van der Waals surface area contributed by atoms with Crippen LogP contribution in [0.2, 0.25) is 0 Å². The molecule has 0 bridgehead atoms. The first-order valence-electron chi connectivity index (χ1n) is 5.95. The molecule has 5 nitrogen and oxygen atoms in total. The maximum Gasteiger partial charge on any atom is 0.160 e. The smallest absolute Gasteiger partial charge is 0.160 e. The zero-order valence-electron chi connectivity index (χ0n) is 10.6. The SMILES string of the molecule is Cc1ncn2c1Cn1ncnc1-c1cccc(F)c1-2.Cl. The maximum atomic E-state index is 14.2. The Morgan fingerprint density at radius 1 is 1.25 bits per heavy atom. The van der Waals surface area contributed by atoms with Crippen LogP contribution in [0, 0.1) is 12.7 Å². The quantitative estimate of drug-likeness (QED) is 0.500. The highest BCUT2D eigenvalue weighted by Crippen LogP contribution is 2.32. The topological polar surface area (TPSA) is 48.5 Å². The van der Waals surface area contributed by atoms with Crippen molar-refractivity contribution in [2.75, 3.05) is 0 Å². The van der Waals surface area contributed by atoms with Gasteiger partial charge in [-0.3, -0.25) is 4.57 Å². The standard InChI is InChI=1S/C13H10FN5.ClH/c1-8-11-5-19-13(15-6-17-19)9-3-2-4-10(14)12(9)18(11)7-16-8;/h2-4,6-7H,5H2,1H3;1H. The Morgan fingerprint density at radius 3 is 2.95 bits per heavy atom. The molecule has 0 saturated carbocycles. The van der Waals surface area contributed by atoms with Crippen LogP contribution in [0.5, 0.6) is 0 Å². The second-order valence-corrected chi connectivity index (χ2v) is 4.52. The first-order chi connectivity index (χ1) is 9.25. The summed E-state index contributed by atoms with van der Waals surface area (Å²) in [5.41, 5.74) is 3.02. The van der Waals surface area contributed by atoms with Crippen molar-refractivity contribution in [3.8, 4) is 17.1 Å². The van der Waals surface area contributed by atoms with Gasteiger partial charge in [0.1, 0.15) is 12.1 Å². The van der Waals surface area contributed by atoms with Crippen LogP contribution in [-0.2, 0) is 6.54 Å². The predicted molar refractivity (Wildman–Crippen MR) is 73.6 cm³/mol. The Kier molecular flexibility index (Phi) is 2.83. The minimum atomic E-state index is -0.285. The molecule has 4 rings (SSSR count). The summed E-state index contributed by atoms with van der Waals surface area (Å²) in [6.07, 6.45) is 3.14. The van der Waals surface area contributed by atoms with Gasteiger partial charge in [0, 0.05) is 5.56 Å². The van der Waals surface area contributed by atoms with Crippen molar-refractivity contribution in [1.29, 1.82) is 0 Å². The Hall–Kier alpha value is -2.21. The Labute approximate surface area is 120 Å². The van der Waals surface area contributed by atoms with Crippen LogP contribution in [0.4, 0.5) is 4.39 Å². The monoisotopic (exact) mass is 291 g/mol. The molecule has 0 saturated heterocycles. The summed E-state index contributed by atoms with van der Waals surface area (Å²) in [5, 5.41) is 4.21. The van der Waals surface area contributed by atoms with Gasteiger partial charge >= 0.3 is 0 Å². The predicted octanol–water partition coefficient (Wildman–Crippen LogP) is 2.36. The zero-order chi connectivity index (χ0) is 13.0. The Morgan fingerprint density at radius 2 is 2.10 bits per heavy atom. The summed E-state index contributed by atoms with van der Waals surface area (Å²) < 4.78 is 17.8. The number of rotatable bonds is 0. The fraction of sp³-hybridized carbons (Fsp3) is 0.154. The minimum Gasteiger partial charge on any atom is -0.297 e. The summed E-state index contributed by atoms with van der Waals surface area (Å²) in [5.74, 6) is 0.394. The van der Waals surface area contributed by atoms with E-state index >= 15 is 0 Å². The molecule has 1 aromatic carbocycles. The fourth-order valence-corrected chi connectivity index (χ4v) is 2.52. The van der Waals surface area contributed by atoms with Crippen molar-refractivity contribution in [3.05, 3.63) is 48.1 Å². The molecule has 20 heavy (non-hydrogen) atoms. The second-order valence-electron chi connectivity index (χ2n) is 4.52. The van der Waals surface area contributed by atoms with Crippen LogP contribution in [-0.4, -0.2) is 24.3 Å². The van der Waals surface area contributed by atoms with E-state index in [4.69, 9.17) is 0 Å². The number of hydrogen-bond acceptors (Lipinski definition) is 3. The van der Waals surface area contributed by atoms with Crippen molar-refractivity contribution in [3.63, 3.8) is 0 Å². The van der Waals surface area contributed by atoms with E-state index in [1.165, 1.54) is 12.4 Å². The van der Waals surface area contributed by atoms with E-state index in [2.05, 4.69) is 15.1 Å². The van der Waals surface area contributed by atoms with Gasteiger partial charge in [-0.25, -0.2) is 19.0 Å². The van der Waals surface area contributed by atoms with Crippen molar-refractivity contribution in [2.45, 2.75) is 13.5 Å². The molecule has 0 radical (unpaired) electrons. The van der Waals surface area contributed by atoms with Crippen LogP contribution in [0.1, 0.15) is 11.4 Å². The van der Waals surface area contributed by atoms with E-state index in [-0.39, 0.29) is 18.2 Å². The molecule has 3 heterocycles. The number of fused-ring (bicyclic) bond motifs is 5. The molecular formula is C13H11ClFN5. The highest BCUT2D eigenvalue weighted by atomic mass is 35.5. The summed E-state index contributed by atoms with van der Waals surface area (Å²) in [7, 11) is 0. The van der Waals surface area contributed by atoms with Gasteiger partial charge in [0.25, 0.3) is 0 Å². The largest absolute Gasteiger partial charge is 0.297 e. The number of aromatic nitrogens is 5. The van der Waals surface area contributed by atoms with Gasteiger partial charge in [0.05, 0.1) is 29.9 Å². The highest BCUT2D eigenvalue weighted by molar-refractivity contribution is 5.85. The van der Waals surface area contributed by atoms with Crippen LogP contribution in [0.3, 0.4) is 0 Å². The lowest BCUT2D eigenvalue weighted by Crippen LogP contribution is -2.05. The third-order valence-corrected chi connectivity index (χ3v) is 3.46. The lowest BCUT2D eigenvalue weighted by Gasteiger charge is -2.09. The van der Waals surface area contributed by atoms with Gasteiger partial charge in [-0.1, -0.05) is 6.07 Å². The molecule has 0 spiro atoms. The summed E-state index contributed by atoms with van der Waals surface area (Å²) >= 11 is 0. The number of benzene rings is 1. The van der Waals surface area contributed by atoms with E-state index in [1.54, 1.807) is 21.6 Å². The first-order valence-corrected chi connectivity index (χ1v) is 5.95. The Bertz CT molecular complexity index is 792. The van der Waals surface area contributed by atoms with E-state index in [1.807, 2.05) is 13.0 Å². The van der Waals surface area contributed by atoms with Gasteiger partial charge in [0.15, 0.2) is 5.82 Å². The van der Waals surface area contributed by atoms with Gasteiger partial charge < -0.3 is 0 Å². The molecule has 2 aromatic heterocycles. The number of para-hydroxylation sites is 1. The molecule has 0 fully saturated rings. The second kappa shape index (κ2) is 4.42. The van der Waals surface area contributed by atoms with Crippen LogP contribution >= 0.6 is 12.4 Å². The van der Waals surface area contributed by atoms with Gasteiger partial charge in [0.2, 0.25) is 0 Å². The zero-order valence-corrected chi connectivity index (χ0v) is 11.4. The van der Waals surface area contributed by atoms with Crippen LogP contribution < -0.4 is 0 Å². The molecule has 0 atom stereocenters. The lowest BCUT2D eigenvalue weighted by atomic mass is 10.1. The lowest BCUT2D eigenvalue weighted by molar-refractivity contribution is 0.615. The highest BCUT2D eigenvalue weighted by Gasteiger charge is 2.24. The van der Waals surface area contributed by atoms with E-state index in [0.29, 0.717) is 18.1 Å². The average Bonchev–Trinajstić information content (AvgIpc) is 2.96. The fourth-order valence-electron chi connectivity index (χ4n) is 2.52. The van der Waals surface area contributed by atoms with Crippen LogP contribution in [0.25, 0.3) is 17.1 Å². The third kappa shape index (κ3) is 1.58. The normalized spacial score (nSPS) is 11.9. The molecule has 0 aliphatic carbocycles. The maximum absolute atomic E-state index is 14.2. The Balaban J connectivity index is 0.00000121. The molecule has 3 aromatic rings. The molecule has 0 N–H and O–H groups in total. The molecule has 1 aliphatic rings. The summed E-state index contributed by atoms with van der Waals surface area (Å²) in [4.78, 5) is 8.51. The molecule has 1 aliphatic heterocycles. The molecule has 0 amide bonds. The molecule has 102 valence electrons. The number of halogens is 2. The number of hydrogen-bond donors (Lipinski definition) is 0. The average molecular weight is 292 g/mol.